The second-order valence-electron chi connectivity index (χ2n) is 3.66. The molecule has 1 rings (SSSR count). The van der Waals surface area contributed by atoms with Crippen LogP contribution in [0.3, 0.4) is 0 Å². The minimum Gasteiger partial charge on any atom is -1.00 e. The molecule has 1 saturated carbocycles. The van der Waals surface area contributed by atoms with Crippen molar-refractivity contribution in [3.63, 3.8) is 0 Å². The summed E-state index contributed by atoms with van der Waals surface area (Å²) in [6.45, 7) is 4.29. The van der Waals surface area contributed by atoms with Crippen LogP contribution in [0.25, 0.3) is 0 Å². The fourth-order valence-electron chi connectivity index (χ4n) is 1.46. The average Bonchev–Trinajstić information content (AvgIpc) is 2.18. The van der Waals surface area contributed by atoms with Crippen LogP contribution < -0.4 is 42.0 Å². The Balaban J connectivity index is -0.0000000406. The van der Waals surface area contributed by atoms with Crippen molar-refractivity contribution < 1.29 is 44.3 Å². The molecular weight excluding hydrogens is 400 g/mol. The van der Waals surface area contributed by atoms with Gasteiger partial charge in [0.2, 0.25) is 0 Å². The molecule has 0 heterocycles. The molecule has 21 heavy (non-hydrogen) atoms. The first-order valence-electron chi connectivity index (χ1n) is 5.62. The third kappa shape index (κ3) is 45.1. The zero-order chi connectivity index (χ0) is 15.0. The zero-order valence-electron chi connectivity index (χ0n) is 12.5. The van der Waals surface area contributed by atoms with Crippen molar-refractivity contribution in [3.05, 3.63) is 0 Å². The van der Waals surface area contributed by atoms with E-state index >= 15 is 0 Å². The SMILES string of the molecule is CC#N.CC#N.CC#N.NC1CC(N)CC(N)C1.[Cl-].[Cl-].[Ru+2]. The molecule has 0 aromatic carbocycles. The third-order valence-electron chi connectivity index (χ3n) is 1.82. The Hall–Kier alpha value is -0.447. The minimum atomic E-state index is 0. The van der Waals surface area contributed by atoms with Gasteiger partial charge in [-0.2, -0.15) is 15.8 Å². The van der Waals surface area contributed by atoms with Crippen molar-refractivity contribution in [2.75, 3.05) is 0 Å². The van der Waals surface area contributed by atoms with Crippen LogP contribution in [0, 0.1) is 34.0 Å². The van der Waals surface area contributed by atoms with Gasteiger partial charge >= 0.3 is 19.5 Å². The van der Waals surface area contributed by atoms with Crippen LogP contribution in [0.4, 0.5) is 0 Å². The molecule has 0 unspecified atom stereocenters. The second kappa shape index (κ2) is 31.8. The normalized spacial score (nSPS) is 20.4. The van der Waals surface area contributed by atoms with E-state index < -0.39 is 0 Å². The summed E-state index contributed by atoms with van der Waals surface area (Å²) in [5.41, 5.74) is 17.0. The Morgan fingerprint density at radius 1 is 0.667 bits per heavy atom. The van der Waals surface area contributed by atoms with Gasteiger partial charge in [-0.25, -0.2) is 0 Å². The molecule has 0 aromatic rings. The van der Waals surface area contributed by atoms with Gasteiger partial charge in [-0.3, -0.25) is 0 Å². The fourth-order valence-corrected chi connectivity index (χ4v) is 1.46. The molecule has 0 amide bonds. The molecule has 9 heteroatoms. The summed E-state index contributed by atoms with van der Waals surface area (Å²) in [6, 6.07) is 5.97. The molecule has 0 aromatic heterocycles. The van der Waals surface area contributed by atoms with Gasteiger partial charge in [-0.1, -0.05) is 0 Å². The summed E-state index contributed by atoms with van der Waals surface area (Å²) >= 11 is 0. The van der Waals surface area contributed by atoms with Crippen molar-refractivity contribution in [1.29, 1.82) is 15.8 Å². The molecule has 124 valence electrons. The van der Waals surface area contributed by atoms with Crippen molar-refractivity contribution in [1.82, 2.24) is 0 Å². The van der Waals surface area contributed by atoms with E-state index in [1.807, 2.05) is 0 Å². The predicted octanol–water partition coefficient (Wildman–Crippen LogP) is -5.25. The molecule has 6 nitrogen and oxygen atoms in total. The molecule has 1 fully saturated rings. The number of nitrogens with two attached hydrogens (primary N) is 3. The van der Waals surface area contributed by atoms with E-state index in [-0.39, 0.29) is 62.4 Å². The maximum atomic E-state index is 7.32. The topological polar surface area (TPSA) is 149 Å². The van der Waals surface area contributed by atoms with Gasteiger partial charge in [0.05, 0.1) is 18.2 Å². The number of nitrogens with zero attached hydrogens (tertiary/aromatic N) is 3. The van der Waals surface area contributed by atoms with E-state index in [2.05, 4.69) is 0 Å². The molecule has 0 spiro atoms. The van der Waals surface area contributed by atoms with Crippen LogP contribution in [0.2, 0.25) is 0 Å². The van der Waals surface area contributed by atoms with Gasteiger partial charge < -0.3 is 42.0 Å². The summed E-state index contributed by atoms with van der Waals surface area (Å²) in [7, 11) is 0. The molecule has 0 radical (unpaired) electrons. The van der Waals surface area contributed by atoms with Gasteiger partial charge in [0.15, 0.2) is 0 Å². The van der Waals surface area contributed by atoms with Crippen LogP contribution in [0.15, 0.2) is 0 Å². The molecule has 6 N–H and O–H groups in total. The molecule has 0 aliphatic heterocycles. The van der Waals surface area contributed by atoms with E-state index in [0.717, 1.165) is 19.3 Å². The van der Waals surface area contributed by atoms with E-state index in [4.69, 9.17) is 33.0 Å². The van der Waals surface area contributed by atoms with Crippen LogP contribution in [0.5, 0.6) is 0 Å². The summed E-state index contributed by atoms with van der Waals surface area (Å²) in [5, 5.41) is 22.0. The zero-order valence-corrected chi connectivity index (χ0v) is 15.8. The molecule has 1 aliphatic rings. The predicted molar refractivity (Wildman–Crippen MR) is 71.6 cm³/mol. The molecule has 0 atom stereocenters. The third-order valence-corrected chi connectivity index (χ3v) is 1.82. The number of halogens is 2. The Bertz CT molecular complexity index is 244. The Labute approximate surface area is 153 Å². The first-order chi connectivity index (χ1) is 8.42. The first-order valence-corrected chi connectivity index (χ1v) is 5.62. The van der Waals surface area contributed by atoms with Crippen LogP contribution in [-0.2, 0) is 19.5 Å². The molecule has 1 aliphatic carbocycles. The average molecular weight is 424 g/mol. The maximum Gasteiger partial charge on any atom is 2.00 e. The molecular formula is C12H24Cl2N6Ru. The summed E-state index contributed by atoms with van der Waals surface area (Å²) in [5.74, 6) is 0. The van der Waals surface area contributed by atoms with Gasteiger partial charge in [-0.05, 0) is 19.3 Å². The first kappa shape index (κ1) is 37.1. The van der Waals surface area contributed by atoms with Gasteiger partial charge in [0.25, 0.3) is 0 Å². The fraction of sp³-hybridized carbons (Fsp3) is 0.750. The largest absolute Gasteiger partial charge is 2.00 e. The monoisotopic (exact) mass is 424 g/mol. The number of rotatable bonds is 0. The van der Waals surface area contributed by atoms with Crippen molar-refractivity contribution >= 4 is 0 Å². The van der Waals surface area contributed by atoms with Gasteiger partial charge in [0.1, 0.15) is 0 Å². The number of hydrogen-bond acceptors (Lipinski definition) is 6. The smallest absolute Gasteiger partial charge is 1.00 e. The standard InChI is InChI=1S/C6H15N3.3C2H3N.2ClH.Ru/c7-4-1-5(8)3-6(9)2-4;3*1-2-3;;;/h4-6H,1-3,7-9H2;3*1H3;2*1H;/q;;;;;;+2/p-2. The Kier molecular flexibility index (Phi) is 56.1. The number of nitriles is 3. The summed E-state index contributed by atoms with van der Waals surface area (Å²) < 4.78 is 0. The Morgan fingerprint density at radius 3 is 0.857 bits per heavy atom. The van der Waals surface area contributed by atoms with Crippen molar-refractivity contribution in [2.45, 2.75) is 58.2 Å². The number of hydrogen-bond donors (Lipinski definition) is 3. The van der Waals surface area contributed by atoms with Gasteiger partial charge in [-0.15, -0.1) is 0 Å². The van der Waals surface area contributed by atoms with Crippen molar-refractivity contribution in [3.8, 4) is 18.2 Å². The van der Waals surface area contributed by atoms with Crippen LogP contribution in [0.1, 0.15) is 40.0 Å². The molecule has 0 bridgehead atoms. The van der Waals surface area contributed by atoms with E-state index in [9.17, 15) is 0 Å². The van der Waals surface area contributed by atoms with E-state index in [0.29, 0.717) is 0 Å². The van der Waals surface area contributed by atoms with E-state index in [1.54, 1.807) is 18.2 Å². The van der Waals surface area contributed by atoms with Crippen molar-refractivity contribution in [2.24, 2.45) is 17.2 Å². The maximum absolute atomic E-state index is 7.32. The quantitative estimate of drug-likeness (QED) is 0.331. The van der Waals surface area contributed by atoms with Crippen LogP contribution >= 0.6 is 0 Å². The minimum absolute atomic E-state index is 0. The molecule has 0 saturated heterocycles. The van der Waals surface area contributed by atoms with Gasteiger partial charge in [0, 0.05) is 38.9 Å². The van der Waals surface area contributed by atoms with E-state index in [1.165, 1.54) is 20.8 Å². The Morgan fingerprint density at radius 2 is 0.762 bits per heavy atom. The summed E-state index contributed by atoms with van der Waals surface area (Å²) in [4.78, 5) is 0. The van der Waals surface area contributed by atoms with Crippen LogP contribution in [-0.4, -0.2) is 18.1 Å². The summed E-state index contributed by atoms with van der Waals surface area (Å²) in [6.07, 6.45) is 2.81. The second-order valence-corrected chi connectivity index (χ2v) is 3.66.